The van der Waals surface area contributed by atoms with Gasteiger partial charge in [-0.05, 0) is 19.1 Å². The largest absolute Gasteiger partial charge is 0.378 e. The van der Waals surface area contributed by atoms with Crippen LogP contribution in [0.5, 0.6) is 0 Å². The summed E-state index contributed by atoms with van der Waals surface area (Å²) in [6.07, 6.45) is 0. The first-order valence-corrected chi connectivity index (χ1v) is 10.5. The minimum atomic E-state index is -0.144. The molecule has 0 aliphatic carbocycles. The summed E-state index contributed by atoms with van der Waals surface area (Å²) in [5.41, 5.74) is 2.71. The minimum Gasteiger partial charge on any atom is -0.378 e. The van der Waals surface area contributed by atoms with Crippen LogP contribution in [-0.4, -0.2) is 58.4 Å². The highest BCUT2D eigenvalue weighted by atomic mass is 16.5. The standard InChI is InChI=1S/C23H25N5O2/c1-17-22-24-21(18-7-3-2-4-8-18)25-28(22)12-11-27(17)23(29)19-9-5-6-10-20(19)26-13-15-30-16-14-26/h2-10,17H,11-16H2,1H3/t17-/m0/s1. The van der Waals surface area contributed by atoms with Crippen molar-refractivity contribution in [1.29, 1.82) is 0 Å². The number of nitrogens with zero attached hydrogens (tertiary/aromatic N) is 5. The van der Waals surface area contributed by atoms with Gasteiger partial charge in [0.2, 0.25) is 0 Å². The fourth-order valence-corrected chi connectivity index (χ4v) is 4.24. The molecule has 1 aromatic heterocycles. The monoisotopic (exact) mass is 403 g/mol. The molecule has 5 rings (SSSR count). The molecule has 0 unspecified atom stereocenters. The van der Waals surface area contributed by atoms with Gasteiger partial charge >= 0.3 is 0 Å². The molecule has 7 nitrogen and oxygen atoms in total. The van der Waals surface area contributed by atoms with Crippen molar-refractivity contribution in [3.05, 3.63) is 66.0 Å². The molecule has 1 atom stereocenters. The van der Waals surface area contributed by atoms with Gasteiger partial charge in [-0.25, -0.2) is 9.67 Å². The minimum absolute atomic E-state index is 0.0418. The van der Waals surface area contributed by atoms with Crippen molar-refractivity contribution in [2.75, 3.05) is 37.7 Å². The molecule has 0 saturated carbocycles. The number of carbonyl (C=O) groups is 1. The molecule has 1 saturated heterocycles. The van der Waals surface area contributed by atoms with Crippen molar-refractivity contribution in [2.24, 2.45) is 0 Å². The third-order valence-corrected chi connectivity index (χ3v) is 5.87. The van der Waals surface area contributed by atoms with Crippen molar-refractivity contribution >= 4 is 11.6 Å². The Balaban J connectivity index is 1.43. The first-order chi connectivity index (χ1) is 14.7. The number of benzene rings is 2. The second-order valence-corrected chi connectivity index (χ2v) is 7.67. The molecule has 1 amide bonds. The van der Waals surface area contributed by atoms with Gasteiger partial charge in [0.1, 0.15) is 5.82 Å². The number of rotatable bonds is 3. The predicted octanol–water partition coefficient (Wildman–Crippen LogP) is 3.00. The van der Waals surface area contributed by atoms with Crippen LogP contribution in [0.2, 0.25) is 0 Å². The van der Waals surface area contributed by atoms with Crippen molar-refractivity contribution < 1.29 is 9.53 Å². The summed E-state index contributed by atoms with van der Waals surface area (Å²) in [6, 6.07) is 17.7. The molecule has 0 N–H and O–H groups in total. The Morgan fingerprint density at radius 2 is 1.70 bits per heavy atom. The Bertz CT molecular complexity index is 1040. The molecule has 154 valence electrons. The molecule has 0 bridgehead atoms. The summed E-state index contributed by atoms with van der Waals surface area (Å²) < 4.78 is 7.41. The maximum Gasteiger partial charge on any atom is 0.256 e. The van der Waals surface area contributed by atoms with Crippen LogP contribution in [0.3, 0.4) is 0 Å². The van der Waals surface area contributed by atoms with E-state index in [1.54, 1.807) is 0 Å². The average molecular weight is 403 g/mol. The highest BCUT2D eigenvalue weighted by Crippen LogP contribution is 2.30. The fourth-order valence-electron chi connectivity index (χ4n) is 4.24. The number of ether oxygens (including phenoxy) is 1. The van der Waals surface area contributed by atoms with Crippen molar-refractivity contribution in [3.8, 4) is 11.4 Å². The van der Waals surface area contributed by atoms with E-state index in [9.17, 15) is 4.79 Å². The summed E-state index contributed by atoms with van der Waals surface area (Å²) in [4.78, 5) is 22.5. The van der Waals surface area contributed by atoms with Gasteiger partial charge in [-0.15, -0.1) is 0 Å². The van der Waals surface area contributed by atoms with Crippen LogP contribution in [0, 0.1) is 0 Å². The Labute approximate surface area is 175 Å². The summed E-state index contributed by atoms with van der Waals surface area (Å²) in [5.74, 6) is 1.58. The third kappa shape index (κ3) is 3.35. The zero-order chi connectivity index (χ0) is 20.5. The maximum atomic E-state index is 13.6. The van der Waals surface area contributed by atoms with E-state index in [0.29, 0.717) is 32.1 Å². The summed E-state index contributed by atoms with van der Waals surface area (Å²) >= 11 is 0. The van der Waals surface area contributed by atoms with Crippen molar-refractivity contribution in [1.82, 2.24) is 19.7 Å². The molecular formula is C23H25N5O2. The third-order valence-electron chi connectivity index (χ3n) is 5.87. The summed E-state index contributed by atoms with van der Waals surface area (Å²) in [7, 11) is 0. The van der Waals surface area contributed by atoms with Crippen LogP contribution >= 0.6 is 0 Å². The molecule has 2 aliphatic heterocycles. The van der Waals surface area contributed by atoms with Crippen LogP contribution in [0.25, 0.3) is 11.4 Å². The van der Waals surface area contributed by atoms with Crippen LogP contribution in [0.15, 0.2) is 54.6 Å². The fraction of sp³-hybridized carbons (Fsp3) is 0.348. The molecule has 0 spiro atoms. The number of carbonyl (C=O) groups excluding carboxylic acids is 1. The molecule has 7 heteroatoms. The van der Waals surface area contributed by atoms with E-state index in [2.05, 4.69) is 10.00 Å². The maximum absolute atomic E-state index is 13.6. The quantitative estimate of drug-likeness (QED) is 0.673. The molecule has 30 heavy (non-hydrogen) atoms. The van der Waals surface area contributed by atoms with Crippen LogP contribution in [0.4, 0.5) is 5.69 Å². The topological polar surface area (TPSA) is 63.5 Å². The Hall–Kier alpha value is -3.19. The SMILES string of the molecule is C[C@H]1c2nc(-c3ccccc3)nn2CCN1C(=O)c1ccccc1N1CCOCC1. The van der Waals surface area contributed by atoms with Crippen molar-refractivity contribution in [3.63, 3.8) is 0 Å². The molecule has 1 fully saturated rings. The Morgan fingerprint density at radius 3 is 2.50 bits per heavy atom. The number of para-hydroxylation sites is 1. The van der Waals surface area contributed by atoms with Gasteiger partial charge < -0.3 is 14.5 Å². The zero-order valence-corrected chi connectivity index (χ0v) is 17.1. The van der Waals surface area contributed by atoms with Crippen LogP contribution in [-0.2, 0) is 11.3 Å². The Kier molecular flexibility index (Phi) is 4.96. The van der Waals surface area contributed by atoms with Gasteiger partial charge in [-0.2, -0.15) is 5.10 Å². The molecule has 2 aromatic carbocycles. The number of fused-ring (bicyclic) bond motifs is 1. The highest BCUT2D eigenvalue weighted by molar-refractivity contribution is 6.00. The lowest BCUT2D eigenvalue weighted by molar-refractivity contribution is 0.0630. The lowest BCUT2D eigenvalue weighted by Crippen LogP contribution is -2.43. The Morgan fingerprint density at radius 1 is 0.967 bits per heavy atom. The van der Waals surface area contributed by atoms with Crippen LogP contribution < -0.4 is 4.90 Å². The van der Waals surface area contributed by atoms with E-state index in [1.807, 2.05) is 71.1 Å². The van der Waals surface area contributed by atoms with Gasteiger partial charge in [0.05, 0.1) is 31.4 Å². The second-order valence-electron chi connectivity index (χ2n) is 7.67. The number of morpholine rings is 1. The van der Waals surface area contributed by atoms with E-state index in [-0.39, 0.29) is 11.9 Å². The smallest absolute Gasteiger partial charge is 0.256 e. The van der Waals surface area contributed by atoms with Gasteiger partial charge in [-0.3, -0.25) is 4.79 Å². The average Bonchev–Trinajstić information content (AvgIpc) is 3.26. The van der Waals surface area contributed by atoms with E-state index >= 15 is 0 Å². The van der Waals surface area contributed by atoms with Crippen molar-refractivity contribution in [2.45, 2.75) is 19.5 Å². The molecule has 0 radical (unpaired) electrons. The van der Waals surface area contributed by atoms with E-state index in [1.165, 1.54) is 0 Å². The lowest BCUT2D eigenvalue weighted by atomic mass is 10.1. The molecule has 3 aromatic rings. The zero-order valence-electron chi connectivity index (χ0n) is 17.1. The predicted molar refractivity (Wildman–Crippen MR) is 114 cm³/mol. The molecule has 2 aliphatic rings. The number of aromatic nitrogens is 3. The number of anilines is 1. The highest BCUT2D eigenvalue weighted by Gasteiger charge is 2.32. The van der Waals surface area contributed by atoms with E-state index < -0.39 is 0 Å². The number of hydrogen-bond acceptors (Lipinski definition) is 5. The first-order valence-electron chi connectivity index (χ1n) is 10.5. The van der Waals surface area contributed by atoms with Crippen LogP contribution in [0.1, 0.15) is 29.1 Å². The van der Waals surface area contributed by atoms with Gasteiger partial charge in [0.25, 0.3) is 5.91 Å². The van der Waals surface area contributed by atoms with E-state index in [0.717, 1.165) is 35.7 Å². The first kappa shape index (κ1) is 18.8. The molecule has 3 heterocycles. The van der Waals surface area contributed by atoms with Gasteiger partial charge in [0.15, 0.2) is 5.82 Å². The number of hydrogen-bond donors (Lipinski definition) is 0. The second kappa shape index (κ2) is 7.91. The summed E-state index contributed by atoms with van der Waals surface area (Å²) in [5, 5.41) is 4.67. The number of amides is 1. The lowest BCUT2D eigenvalue weighted by Gasteiger charge is -2.35. The van der Waals surface area contributed by atoms with Gasteiger partial charge in [-0.1, -0.05) is 42.5 Å². The summed E-state index contributed by atoms with van der Waals surface area (Å²) in [6.45, 7) is 6.27. The van der Waals surface area contributed by atoms with Gasteiger partial charge in [0, 0.05) is 30.9 Å². The molecular weight excluding hydrogens is 378 g/mol. The normalized spacial score (nSPS) is 18.9. The van der Waals surface area contributed by atoms with E-state index in [4.69, 9.17) is 9.72 Å².